The Hall–Kier alpha value is -2.14. The van der Waals surface area contributed by atoms with E-state index in [1.54, 1.807) is 13.2 Å². The smallest absolute Gasteiger partial charge is 0.306 e. The quantitative estimate of drug-likeness (QED) is 0.910. The van der Waals surface area contributed by atoms with Gasteiger partial charge in [0.2, 0.25) is 0 Å². The standard InChI is InChI=1S/C16H19N3O2/c1-18-10-12(15(20)19(2)16(18)21)9-17-14-8-7-11-5-3-4-6-13(11)14/h3-6,10,14,17H,7-9H2,1-2H3. The molecule has 1 heterocycles. The highest BCUT2D eigenvalue weighted by molar-refractivity contribution is 5.34. The fourth-order valence-electron chi connectivity index (χ4n) is 3.01. The van der Waals surface area contributed by atoms with Gasteiger partial charge < -0.3 is 9.88 Å². The lowest BCUT2D eigenvalue weighted by molar-refractivity contribution is 0.521. The van der Waals surface area contributed by atoms with Crippen molar-refractivity contribution in [1.29, 1.82) is 0 Å². The van der Waals surface area contributed by atoms with Gasteiger partial charge in [0.1, 0.15) is 0 Å². The van der Waals surface area contributed by atoms with Crippen molar-refractivity contribution in [2.45, 2.75) is 25.4 Å². The number of nitrogens with zero attached hydrogens (tertiary/aromatic N) is 2. The number of hydrogen-bond acceptors (Lipinski definition) is 3. The van der Waals surface area contributed by atoms with E-state index < -0.39 is 0 Å². The summed E-state index contributed by atoms with van der Waals surface area (Å²) in [6.45, 7) is 0.472. The second kappa shape index (κ2) is 5.33. The van der Waals surface area contributed by atoms with E-state index in [4.69, 9.17) is 0 Å². The van der Waals surface area contributed by atoms with Crippen molar-refractivity contribution in [2.24, 2.45) is 14.1 Å². The van der Waals surface area contributed by atoms with Gasteiger partial charge in [-0.05, 0) is 24.0 Å². The van der Waals surface area contributed by atoms with Crippen LogP contribution in [0.4, 0.5) is 0 Å². The van der Waals surface area contributed by atoms with Crippen LogP contribution < -0.4 is 16.6 Å². The number of rotatable bonds is 3. The highest BCUT2D eigenvalue weighted by Crippen LogP contribution is 2.30. The highest BCUT2D eigenvalue weighted by Gasteiger charge is 2.21. The van der Waals surface area contributed by atoms with Crippen LogP contribution in [0.2, 0.25) is 0 Å². The van der Waals surface area contributed by atoms with Crippen LogP contribution in [0, 0.1) is 0 Å². The molecule has 1 atom stereocenters. The summed E-state index contributed by atoms with van der Waals surface area (Å²) in [5, 5.41) is 3.44. The topological polar surface area (TPSA) is 56.0 Å². The fourth-order valence-corrected chi connectivity index (χ4v) is 3.01. The van der Waals surface area contributed by atoms with Crippen LogP contribution in [0.1, 0.15) is 29.2 Å². The minimum Gasteiger partial charge on any atom is -0.306 e. The predicted octanol–water partition coefficient (Wildman–Crippen LogP) is 0.861. The van der Waals surface area contributed by atoms with Crippen LogP contribution in [0.3, 0.4) is 0 Å². The van der Waals surface area contributed by atoms with E-state index >= 15 is 0 Å². The first-order chi connectivity index (χ1) is 10.1. The van der Waals surface area contributed by atoms with Crippen LogP contribution in [0.25, 0.3) is 0 Å². The van der Waals surface area contributed by atoms with Gasteiger partial charge in [-0.1, -0.05) is 24.3 Å². The van der Waals surface area contributed by atoms with Crippen molar-refractivity contribution in [3.05, 3.63) is 68.0 Å². The number of aromatic nitrogens is 2. The van der Waals surface area contributed by atoms with Crippen molar-refractivity contribution in [3.63, 3.8) is 0 Å². The Kier molecular flexibility index (Phi) is 3.51. The molecule has 0 saturated heterocycles. The van der Waals surface area contributed by atoms with E-state index in [9.17, 15) is 9.59 Å². The Bertz CT molecular complexity index is 789. The Morgan fingerprint density at radius 1 is 1.24 bits per heavy atom. The van der Waals surface area contributed by atoms with E-state index in [0.29, 0.717) is 12.1 Å². The van der Waals surface area contributed by atoms with Crippen molar-refractivity contribution in [3.8, 4) is 0 Å². The number of nitrogens with one attached hydrogen (secondary N) is 1. The maximum absolute atomic E-state index is 12.1. The number of benzene rings is 1. The van der Waals surface area contributed by atoms with Crippen molar-refractivity contribution >= 4 is 0 Å². The molecule has 0 aliphatic heterocycles. The summed E-state index contributed by atoms with van der Waals surface area (Å²) in [5.74, 6) is 0. The molecule has 110 valence electrons. The summed E-state index contributed by atoms with van der Waals surface area (Å²) >= 11 is 0. The van der Waals surface area contributed by atoms with Crippen LogP contribution >= 0.6 is 0 Å². The van der Waals surface area contributed by atoms with Crippen molar-refractivity contribution in [1.82, 2.24) is 14.5 Å². The molecule has 3 rings (SSSR count). The zero-order chi connectivity index (χ0) is 15.0. The molecule has 1 N–H and O–H groups in total. The molecule has 0 bridgehead atoms. The van der Waals surface area contributed by atoms with Gasteiger partial charge >= 0.3 is 5.69 Å². The number of hydrogen-bond donors (Lipinski definition) is 1. The first-order valence-electron chi connectivity index (χ1n) is 7.14. The molecule has 5 nitrogen and oxygen atoms in total. The third-order valence-electron chi connectivity index (χ3n) is 4.19. The maximum Gasteiger partial charge on any atom is 0.330 e. The van der Waals surface area contributed by atoms with Gasteiger partial charge in [0.05, 0.1) is 0 Å². The van der Waals surface area contributed by atoms with Gasteiger partial charge in [-0.25, -0.2) is 4.79 Å². The molecular weight excluding hydrogens is 266 g/mol. The molecule has 1 aliphatic carbocycles. The summed E-state index contributed by atoms with van der Waals surface area (Å²) in [6, 6.07) is 8.68. The molecule has 21 heavy (non-hydrogen) atoms. The molecule has 0 radical (unpaired) electrons. The summed E-state index contributed by atoms with van der Waals surface area (Å²) < 4.78 is 2.60. The average Bonchev–Trinajstić information content (AvgIpc) is 2.91. The van der Waals surface area contributed by atoms with E-state index in [1.807, 2.05) is 6.07 Å². The van der Waals surface area contributed by atoms with Crippen LogP contribution in [0.5, 0.6) is 0 Å². The van der Waals surface area contributed by atoms with E-state index in [1.165, 1.54) is 22.7 Å². The van der Waals surface area contributed by atoms with E-state index in [2.05, 4.69) is 23.5 Å². The third-order valence-corrected chi connectivity index (χ3v) is 4.19. The fraction of sp³-hybridized carbons (Fsp3) is 0.375. The van der Waals surface area contributed by atoms with Crippen LogP contribution in [-0.2, 0) is 27.1 Å². The van der Waals surface area contributed by atoms with E-state index in [-0.39, 0.29) is 17.3 Å². The Morgan fingerprint density at radius 2 is 2.00 bits per heavy atom. The van der Waals surface area contributed by atoms with Crippen molar-refractivity contribution in [2.75, 3.05) is 0 Å². The molecule has 1 unspecified atom stereocenters. The van der Waals surface area contributed by atoms with Gasteiger partial charge in [-0.3, -0.25) is 9.36 Å². The molecule has 1 aliphatic rings. The predicted molar refractivity (Wildman–Crippen MR) is 81.3 cm³/mol. The second-order valence-electron chi connectivity index (χ2n) is 5.58. The largest absolute Gasteiger partial charge is 0.330 e. The van der Waals surface area contributed by atoms with Crippen molar-refractivity contribution < 1.29 is 0 Å². The zero-order valence-corrected chi connectivity index (χ0v) is 12.3. The molecule has 1 aromatic carbocycles. The summed E-state index contributed by atoms with van der Waals surface area (Å²) in [7, 11) is 3.18. The molecule has 0 spiro atoms. The molecular formula is C16H19N3O2. The minimum absolute atomic E-state index is 0.225. The Labute approximate surface area is 122 Å². The highest BCUT2D eigenvalue weighted by atomic mass is 16.2. The molecule has 0 saturated carbocycles. The number of fused-ring (bicyclic) bond motifs is 1. The molecule has 2 aromatic rings. The summed E-state index contributed by atoms with van der Waals surface area (Å²) in [5.41, 5.74) is 2.79. The van der Waals surface area contributed by atoms with Crippen LogP contribution in [0.15, 0.2) is 40.1 Å². The zero-order valence-electron chi connectivity index (χ0n) is 12.3. The van der Waals surface area contributed by atoms with Gasteiger partial charge in [0.25, 0.3) is 5.56 Å². The van der Waals surface area contributed by atoms with E-state index in [0.717, 1.165) is 17.4 Å². The van der Waals surface area contributed by atoms with Crippen LogP contribution in [-0.4, -0.2) is 9.13 Å². The van der Waals surface area contributed by atoms with Gasteiger partial charge in [0.15, 0.2) is 0 Å². The summed E-state index contributed by atoms with van der Waals surface area (Å²) in [4.78, 5) is 23.8. The molecule has 0 fully saturated rings. The Balaban J connectivity index is 1.81. The molecule has 0 amide bonds. The lowest BCUT2D eigenvalue weighted by Crippen LogP contribution is -2.39. The normalized spacial score (nSPS) is 17.0. The first-order valence-corrected chi connectivity index (χ1v) is 7.14. The van der Waals surface area contributed by atoms with Gasteiger partial charge in [0, 0.05) is 38.4 Å². The van der Waals surface area contributed by atoms with Gasteiger partial charge in [-0.2, -0.15) is 0 Å². The number of aryl methyl sites for hydroxylation is 2. The van der Waals surface area contributed by atoms with Gasteiger partial charge in [-0.15, -0.1) is 0 Å². The third kappa shape index (κ3) is 2.45. The average molecular weight is 285 g/mol. The SMILES string of the molecule is Cn1cc(CNC2CCc3ccccc32)c(=O)n(C)c1=O. The second-order valence-corrected chi connectivity index (χ2v) is 5.58. The molecule has 1 aromatic heterocycles. The summed E-state index contributed by atoms with van der Waals surface area (Å²) in [6.07, 6.45) is 3.74. The lowest BCUT2D eigenvalue weighted by atomic mass is 10.1. The monoisotopic (exact) mass is 285 g/mol. The molecule has 5 heteroatoms. The Morgan fingerprint density at radius 3 is 2.81 bits per heavy atom. The minimum atomic E-state index is -0.296. The first kappa shape index (κ1) is 13.8. The lowest BCUT2D eigenvalue weighted by Gasteiger charge is -2.14. The maximum atomic E-state index is 12.1.